The number of carbonyl (C=O) groups excluding carboxylic acids is 1. The van der Waals surface area contributed by atoms with Crippen molar-refractivity contribution in [2.24, 2.45) is 5.92 Å². The van der Waals surface area contributed by atoms with Crippen LogP contribution in [-0.4, -0.2) is 29.0 Å². The number of amides is 1. The molecule has 0 radical (unpaired) electrons. The molecule has 3 rings (SSSR count). The van der Waals surface area contributed by atoms with Crippen LogP contribution in [0.15, 0.2) is 54.6 Å². The maximum atomic E-state index is 12.0. The summed E-state index contributed by atoms with van der Waals surface area (Å²) in [5.74, 6) is -0.00648. The van der Waals surface area contributed by atoms with Gasteiger partial charge in [0.05, 0.1) is 6.10 Å². The van der Waals surface area contributed by atoms with Crippen molar-refractivity contribution in [3.05, 3.63) is 65.7 Å². The summed E-state index contributed by atoms with van der Waals surface area (Å²) in [5.41, 5.74) is 3.01. The number of β-amino-alcohol motifs (C(OH)–C–C–N with tert-alkyl or cyclic N) is 1. The highest BCUT2D eigenvalue weighted by Crippen LogP contribution is 2.33. The average molecular weight is 367 g/mol. The van der Waals surface area contributed by atoms with Crippen molar-refractivity contribution in [1.82, 2.24) is 4.90 Å². The fourth-order valence-corrected chi connectivity index (χ4v) is 3.70. The second kappa shape index (κ2) is 9.16. The summed E-state index contributed by atoms with van der Waals surface area (Å²) < 4.78 is 0. The van der Waals surface area contributed by atoms with Gasteiger partial charge in [-0.05, 0) is 42.6 Å². The first-order valence-corrected chi connectivity index (χ1v) is 9.92. The standard InChI is InChI=1S/C23H30N2O2/c1-17(2)23(27)24-20-12-8-11-19(15-20)21-13-6-7-14-25(21)16-22(26)18-9-4-3-5-10-18/h3-5,8-12,15,17,21-22,26H,6-7,13-14,16H2,1-2H3,(H,24,27)/t21?,22-/m1/s1. The Hall–Kier alpha value is -2.17. The van der Waals surface area contributed by atoms with Gasteiger partial charge in [-0.2, -0.15) is 0 Å². The zero-order valence-electron chi connectivity index (χ0n) is 16.3. The number of anilines is 1. The van der Waals surface area contributed by atoms with E-state index < -0.39 is 6.10 Å². The van der Waals surface area contributed by atoms with Crippen LogP contribution >= 0.6 is 0 Å². The molecule has 27 heavy (non-hydrogen) atoms. The zero-order valence-corrected chi connectivity index (χ0v) is 16.3. The van der Waals surface area contributed by atoms with Gasteiger partial charge in [0.15, 0.2) is 0 Å². The molecule has 0 saturated carbocycles. The summed E-state index contributed by atoms with van der Waals surface area (Å²) in [4.78, 5) is 14.4. The van der Waals surface area contributed by atoms with E-state index in [2.05, 4.69) is 22.3 Å². The summed E-state index contributed by atoms with van der Waals surface area (Å²) in [5, 5.41) is 13.7. The quantitative estimate of drug-likeness (QED) is 0.789. The topological polar surface area (TPSA) is 52.6 Å². The van der Waals surface area contributed by atoms with Gasteiger partial charge in [0, 0.05) is 24.2 Å². The summed E-state index contributed by atoms with van der Waals surface area (Å²) in [6, 6.07) is 18.3. The highest BCUT2D eigenvalue weighted by Gasteiger charge is 2.26. The lowest BCUT2D eigenvalue weighted by molar-refractivity contribution is -0.118. The molecule has 2 aromatic rings. The Morgan fingerprint density at radius 3 is 2.67 bits per heavy atom. The first kappa shape index (κ1) is 19.6. The van der Waals surface area contributed by atoms with E-state index in [1.807, 2.05) is 56.3 Å². The maximum absolute atomic E-state index is 12.0. The molecule has 2 atom stereocenters. The molecule has 144 valence electrons. The summed E-state index contributed by atoms with van der Waals surface area (Å²) in [6.07, 6.45) is 2.92. The monoisotopic (exact) mass is 366 g/mol. The smallest absolute Gasteiger partial charge is 0.226 e. The van der Waals surface area contributed by atoms with Crippen LogP contribution in [0.2, 0.25) is 0 Å². The largest absolute Gasteiger partial charge is 0.387 e. The van der Waals surface area contributed by atoms with E-state index in [4.69, 9.17) is 0 Å². The lowest BCUT2D eigenvalue weighted by Gasteiger charge is -2.37. The van der Waals surface area contributed by atoms with Crippen LogP contribution in [-0.2, 0) is 4.79 Å². The molecular formula is C23H30N2O2. The molecule has 1 aliphatic heterocycles. The van der Waals surface area contributed by atoms with Crippen LogP contribution < -0.4 is 5.32 Å². The minimum absolute atomic E-state index is 0.0344. The average Bonchev–Trinajstić information content (AvgIpc) is 2.69. The molecule has 1 aliphatic rings. The third-order valence-electron chi connectivity index (χ3n) is 5.27. The number of rotatable bonds is 6. The van der Waals surface area contributed by atoms with Crippen molar-refractivity contribution in [2.75, 3.05) is 18.4 Å². The van der Waals surface area contributed by atoms with Gasteiger partial charge in [-0.1, -0.05) is 62.7 Å². The number of piperidine rings is 1. The normalized spacial score (nSPS) is 19.0. The molecule has 0 bridgehead atoms. The molecule has 1 amide bonds. The van der Waals surface area contributed by atoms with Gasteiger partial charge in [0.2, 0.25) is 5.91 Å². The Bertz CT molecular complexity index is 745. The van der Waals surface area contributed by atoms with Gasteiger partial charge in [0.1, 0.15) is 0 Å². The molecule has 0 aliphatic carbocycles. The van der Waals surface area contributed by atoms with Crippen LogP contribution in [0.1, 0.15) is 56.4 Å². The number of nitrogens with zero attached hydrogens (tertiary/aromatic N) is 1. The Morgan fingerprint density at radius 2 is 1.93 bits per heavy atom. The molecule has 0 spiro atoms. The van der Waals surface area contributed by atoms with E-state index in [1.54, 1.807) is 0 Å². The summed E-state index contributed by atoms with van der Waals surface area (Å²) in [7, 11) is 0. The van der Waals surface area contributed by atoms with Gasteiger partial charge < -0.3 is 10.4 Å². The van der Waals surface area contributed by atoms with Crippen molar-refractivity contribution in [3.8, 4) is 0 Å². The molecule has 2 aromatic carbocycles. The van der Waals surface area contributed by atoms with Crippen LogP contribution in [0, 0.1) is 5.92 Å². The Balaban J connectivity index is 1.74. The number of hydrogen-bond acceptors (Lipinski definition) is 3. The number of carbonyl (C=O) groups is 1. The van der Waals surface area contributed by atoms with Crippen LogP contribution in [0.3, 0.4) is 0 Å². The Kier molecular flexibility index (Phi) is 6.64. The second-order valence-corrected chi connectivity index (χ2v) is 7.70. The molecule has 4 heteroatoms. The first-order chi connectivity index (χ1) is 13.0. The number of aliphatic hydroxyl groups excluding tert-OH is 1. The molecular weight excluding hydrogens is 336 g/mol. The Labute approximate surface area is 162 Å². The minimum atomic E-state index is -0.490. The Morgan fingerprint density at radius 1 is 1.15 bits per heavy atom. The van der Waals surface area contributed by atoms with Gasteiger partial charge in [-0.3, -0.25) is 9.69 Å². The van der Waals surface area contributed by atoms with E-state index in [0.717, 1.165) is 30.6 Å². The molecule has 1 unspecified atom stereocenters. The fourth-order valence-electron chi connectivity index (χ4n) is 3.70. The number of hydrogen-bond donors (Lipinski definition) is 2. The van der Waals surface area contributed by atoms with E-state index in [1.165, 1.54) is 12.0 Å². The van der Waals surface area contributed by atoms with Crippen molar-refractivity contribution in [3.63, 3.8) is 0 Å². The third kappa shape index (κ3) is 5.18. The number of nitrogens with one attached hydrogen (secondary N) is 1. The maximum Gasteiger partial charge on any atom is 0.226 e. The predicted octanol–water partition coefficient (Wildman–Crippen LogP) is 4.54. The van der Waals surface area contributed by atoms with Crippen LogP contribution in [0.5, 0.6) is 0 Å². The van der Waals surface area contributed by atoms with Crippen molar-refractivity contribution >= 4 is 11.6 Å². The summed E-state index contributed by atoms with van der Waals surface area (Å²) in [6.45, 7) is 5.40. The number of aliphatic hydroxyl groups is 1. The lowest BCUT2D eigenvalue weighted by Crippen LogP contribution is -2.36. The molecule has 2 N–H and O–H groups in total. The predicted molar refractivity (Wildman–Crippen MR) is 109 cm³/mol. The minimum Gasteiger partial charge on any atom is -0.387 e. The van der Waals surface area contributed by atoms with Crippen LogP contribution in [0.4, 0.5) is 5.69 Å². The molecule has 0 aromatic heterocycles. The zero-order chi connectivity index (χ0) is 19.2. The van der Waals surface area contributed by atoms with E-state index in [-0.39, 0.29) is 17.9 Å². The van der Waals surface area contributed by atoms with E-state index in [9.17, 15) is 9.90 Å². The highest BCUT2D eigenvalue weighted by atomic mass is 16.3. The molecule has 1 fully saturated rings. The number of likely N-dealkylation sites (tertiary alicyclic amines) is 1. The molecule has 1 saturated heterocycles. The fraction of sp³-hybridized carbons (Fsp3) is 0.435. The first-order valence-electron chi connectivity index (χ1n) is 9.92. The number of benzene rings is 2. The van der Waals surface area contributed by atoms with Gasteiger partial charge in [-0.15, -0.1) is 0 Å². The van der Waals surface area contributed by atoms with Gasteiger partial charge in [-0.25, -0.2) is 0 Å². The SMILES string of the molecule is CC(C)C(=O)Nc1cccc(C2CCCCN2C[C@@H](O)c2ccccc2)c1. The van der Waals surface area contributed by atoms with Crippen molar-refractivity contribution in [2.45, 2.75) is 45.3 Å². The summed E-state index contributed by atoms with van der Waals surface area (Å²) >= 11 is 0. The lowest BCUT2D eigenvalue weighted by atomic mass is 9.94. The van der Waals surface area contributed by atoms with E-state index in [0.29, 0.717) is 6.54 Å². The third-order valence-corrected chi connectivity index (χ3v) is 5.27. The van der Waals surface area contributed by atoms with Crippen molar-refractivity contribution in [1.29, 1.82) is 0 Å². The van der Waals surface area contributed by atoms with Gasteiger partial charge in [0.25, 0.3) is 0 Å². The van der Waals surface area contributed by atoms with Crippen LogP contribution in [0.25, 0.3) is 0 Å². The highest BCUT2D eigenvalue weighted by molar-refractivity contribution is 5.92. The van der Waals surface area contributed by atoms with Gasteiger partial charge >= 0.3 is 0 Å². The molecule has 4 nitrogen and oxygen atoms in total. The molecule has 1 heterocycles. The van der Waals surface area contributed by atoms with Crippen molar-refractivity contribution < 1.29 is 9.90 Å². The second-order valence-electron chi connectivity index (χ2n) is 7.70. The van der Waals surface area contributed by atoms with E-state index >= 15 is 0 Å².